The average Bonchev–Trinajstić information content (AvgIpc) is 2.47. The number of pyridine rings is 1. The van der Waals surface area contributed by atoms with Crippen LogP contribution < -0.4 is 5.73 Å². The average molecular weight is 362 g/mol. The minimum absolute atomic E-state index is 0.142. The maximum absolute atomic E-state index is 6.35. The van der Waals surface area contributed by atoms with E-state index in [0.29, 0.717) is 5.02 Å². The predicted molar refractivity (Wildman–Crippen MR) is 91.5 cm³/mol. The van der Waals surface area contributed by atoms with Gasteiger partial charge in [0, 0.05) is 27.1 Å². The Kier molecular flexibility index (Phi) is 4.24. The standard InChI is InChI=1S/C17H14BrClN2/c18-12-5-6-14(15(19)10-12)16(20)9-11-7-8-21-17-4-2-1-3-13(11)17/h1-8,10,16H,9,20H2. The summed E-state index contributed by atoms with van der Waals surface area (Å²) in [6.45, 7) is 0. The molecule has 1 heterocycles. The van der Waals surface area contributed by atoms with Crippen molar-refractivity contribution in [2.24, 2.45) is 5.73 Å². The first-order chi connectivity index (χ1) is 10.1. The minimum atomic E-state index is -0.142. The minimum Gasteiger partial charge on any atom is -0.324 e. The molecule has 0 aliphatic rings. The van der Waals surface area contributed by atoms with Gasteiger partial charge in [0.15, 0.2) is 0 Å². The fraction of sp³-hybridized carbons (Fsp3) is 0.118. The van der Waals surface area contributed by atoms with E-state index in [2.05, 4.69) is 27.0 Å². The van der Waals surface area contributed by atoms with Gasteiger partial charge in [-0.3, -0.25) is 4.98 Å². The summed E-state index contributed by atoms with van der Waals surface area (Å²) in [4.78, 5) is 4.38. The van der Waals surface area contributed by atoms with Crippen LogP contribution in [0, 0.1) is 0 Å². The highest BCUT2D eigenvalue weighted by atomic mass is 79.9. The van der Waals surface area contributed by atoms with Crippen LogP contribution in [0.1, 0.15) is 17.2 Å². The number of fused-ring (bicyclic) bond motifs is 1. The smallest absolute Gasteiger partial charge is 0.0704 e. The number of benzene rings is 2. The topological polar surface area (TPSA) is 38.9 Å². The van der Waals surface area contributed by atoms with E-state index < -0.39 is 0 Å². The quantitative estimate of drug-likeness (QED) is 0.721. The predicted octanol–water partition coefficient (Wildman–Crippen LogP) is 4.89. The molecule has 2 nitrogen and oxygen atoms in total. The normalized spacial score (nSPS) is 12.5. The lowest BCUT2D eigenvalue weighted by Crippen LogP contribution is -2.14. The van der Waals surface area contributed by atoms with Gasteiger partial charge in [0.25, 0.3) is 0 Å². The molecule has 106 valence electrons. The molecule has 2 aromatic carbocycles. The molecule has 1 atom stereocenters. The lowest BCUT2D eigenvalue weighted by molar-refractivity contribution is 0.725. The van der Waals surface area contributed by atoms with Gasteiger partial charge in [0.2, 0.25) is 0 Å². The zero-order valence-corrected chi connectivity index (χ0v) is 13.6. The van der Waals surface area contributed by atoms with Gasteiger partial charge in [-0.2, -0.15) is 0 Å². The molecular formula is C17H14BrClN2. The molecule has 0 radical (unpaired) electrons. The molecule has 3 rings (SSSR count). The summed E-state index contributed by atoms with van der Waals surface area (Å²) in [6.07, 6.45) is 2.55. The Bertz CT molecular complexity index is 783. The summed E-state index contributed by atoms with van der Waals surface area (Å²) in [7, 11) is 0. The van der Waals surface area contributed by atoms with Gasteiger partial charge in [-0.25, -0.2) is 0 Å². The summed E-state index contributed by atoms with van der Waals surface area (Å²) in [5.41, 5.74) is 9.48. The Morgan fingerprint density at radius 2 is 1.95 bits per heavy atom. The maximum Gasteiger partial charge on any atom is 0.0704 e. The van der Waals surface area contributed by atoms with Crippen molar-refractivity contribution in [1.29, 1.82) is 0 Å². The van der Waals surface area contributed by atoms with E-state index in [1.807, 2.05) is 48.7 Å². The molecule has 0 bridgehead atoms. The van der Waals surface area contributed by atoms with Crippen LogP contribution in [0.5, 0.6) is 0 Å². The number of hydrogen-bond acceptors (Lipinski definition) is 2. The van der Waals surface area contributed by atoms with E-state index >= 15 is 0 Å². The summed E-state index contributed by atoms with van der Waals surface area (Å²) < 4.78 is 0.956. The zero-order chi connectivity index (χ0) is 14.8. The van der Waals surface area contributed by atoms with Crippen LogP contribution in [-0.4, -0.2) is 4.98 Å². The molecule has 0 saturated carbocycles. The van der Waals surface area contributed by atoms with Crippen LogP contribution >= 0.6 is 27.5 Å². The molecule has 3 aromatic rings. The van der Waals surface area contributed by atoms with E-state index in [4.69, 9.17) is 17.3 Å². The zero-order valence-electron chi connectivity index (χ0n) is 11.3. The SMILES string of the molecule is NC(Cc1ccnc2ccccc12)c1ccc(Br)cc1Cl. The highest BCUT2D eigenvalue weighted by molar-refractivity contribution is 9.10. The number of halogens is 2. The van der Waals surface area contributed by atoms with Crippen LogP contribution in [-0.2, 0) is 6.42 Å². The second-order valence-corrected chi connectivity index (χ2v) is 6.29. The highest BCUT2D eigenvalue weighted by Gasteiger charge is 2.13. The molecule has 0 spiro atoms. The molecule has 0 saturated heterocycles. The Labute approximate surface area is 137 Å². The van der Waals surface area contributed by atoms with E-state index in [-0.39, 0.29) is 6.04 Å². The monoisotopic (exact) mass is 360 g/mol. The number of aromatic nitrogens is 1. The maximum atomic E-state index is 6.35. The van der Waals surface area contributed by atoms with Crippen LogP contribution in [0.2, 0.25) is 5.02 Å². The van der Waals surface area contributed by atoms with Crippen molar-refractivity contribution < 1.29 is 0 Å². The molecule has 1 unspecified atom stereocenters. The van der Waals surface area contributed by atoms with Gasteiger partial charge in [0.1, 0.15) is 0 Å². The van der Waals surface area contributed by atoms with Crippen molar-refractivity contribution in [3.63, 3.8) is 0 Å². The second-order valence-electron chi connectivity index (χ2n) is 4.96. The highest BCUT2D eigenvalue weighted by Crippen LogP contribution is 2.28. The molecule has 4 heteroatoms. The number of nitrogens with two attached hydrogens (primary N) is 1. The molecule has 0 aliphatic heterocycles. The summed E-state index contributed by atoms with van der Waals surface area (Å²) in [5, 5.41) is 1.83. The second kappa shape index (κ2) is 6.14. The van der Waals surface area contributed by atoms with E-state index in [1.54, 1.807) is 0 Å². The third-order valence-electron chi connectivity index (χ3n) is 3.54. The number of nitrogens with zero attached hydrogens (tertiary/aromatic N) is 1. The van der Waals surface area contributed by atoms with Gasteiger partial charge < -0.3 is 5.73 Å². The van der Waals surface area contributed by atoms with Crippen LogP contribution in [0.3, 0.4) is 0 Å². The summed E-state index contributed by atoms with van der Waals surface area (Å²) in [6, 6.07) is 15.8. The third-order valence-corrected chi connectivity index (χ3v) is 4.36. The molecule has 0 aliphatic carbocycles. The number of rotatable bonds is 3. The van der Waals surface area contributed by atoms with Crippen LogP contribution in [0.25, 0.3) is 10.9 Å². The number of hydrogen-bond donors (Lipinski definition) is 1. The van der Waals surface area contributed by atoms with E-state index in [0.717, 1.165) is 27.4 Å². The molecule has 2 N–H and O–H groups in total. The fourth-order valence-electron chi connectivity index (χ4n) is 2.48. The molecule has 1 aromatic heterocycles. The number of para-hydroxylation sites is 1. The fourth-order valence-corrected chi connectivity index (χ4v) is 3.30. The van der Waals surface area contributed by atoms with Crippen molar-refractivity contribution >= 4 is 38.4 Å². The first-order valence-electron chi connectivity index (χ1n) is 6.68. The van der Waals surface area contributed by atoms with Crippen molar-refractivity contribution in [3.05, 3.63) is 75.4 Å². The van der Waals surface area contributed by atoms with Crippen molar-refractivity contribution in [3.8, 4) is 0 Å². The molecule has 0 amide bonds. The first kappa shape index (κ1) is 14.5. The third kappa shape index (κ3) is 3.10. The molecule has 0 fully saturated rings. The van der Waals surface area contributed by atoms with Gasteiger partial charge >= 0.3 is 0 Å². The van der Waals surface area contributed by atoms with Crippen molar-refractivity contribution in [1.82, 2.24) is 4.98 Å². The summed E-state index contributed by atoms with van der Waals surface area (Å²) >= 11 is 9.70. The van der Waals surface area contributed by atoms with Crippen LogP contribution in [0.15, 0.2) is 59.2 Å². The molecular weight excluding hydrogens is 348 g/mol. The van der Waals surface area contributed by atoms with Crippen molar-refractivity contribution in [2.75, 3.05) is 0 Å². The Morgan fingerprint density at radius 1 is 1.14 bits per heavy atom. The lowest BCUT2D eigenvalue weighted by Gasteiger charge is -2.15. The summed E-state index contributed by atoms with van der Waals surface area (Å²) in [5.74, 6) is 0. The Hall–Kier alpha value is -1.42. The van der Waals surface area contributed by atoms with Gasteiger partial charge in [-0.15, -0.1) is 0 Å². The Morgan fingerprint density at radius 3 is 2.76 bits per heavy atom. The van der Waals surface area contributed by atoms with E-state index in [1.165, 1.54) is 5.56 Å². The van der Waals surface area contributed by atoms with Gasteiger partial charge in [0.05, 0.1) is 5.52 Å². The van der Waals surface area contributed by atoms with Crippen molar-refractivity contribution in [2.45, 2.75) is 12.5 Å². The Balaban J connectivity index is 1.94. The first-order valence-corrected chi connectivity index (χ1v) is 7.85. The van der Waals surface area contributed by atoms with Crippen LogP contribution in [0.4, 0.5) is 0 Å². The molecule has 21 heavy (non-hydrogen) atoms. The van der Waals surface area contributed by atoms with Gasteiger partial charge in [-0.1, -0.05) is 51.8 Å². The van der Waals surface area contributed by atoms with Gasteiger partial charge in [-0.05, 0) is 41.8 Å². The van der Waals surface area contributed by atoms with E-state index in [9.17, 15) is 0 Å². The largest absolute Gasteiger partial charge is 0.324 e. The lowest BCUT2D eigenvalue weighted by atomic mass is 9.97.